The van der Waals surface area contributed by atoms with Gasteiger partial charge in [-0.3, -0.25) is 19.7 Å². The first kappa shape index (κ1) is 20.1. The number of amides is 3. The van der Waals surface area contributed by atoms with Gasteiger partial charge in [0.05, 0.1) is 6.61 Å². The minimum Gasteiger partial charge on any atom is -0.380 e. The molecule has 1 aromatic carbocycles. The Hall–Kier alpha value is -2.21. The van der Waals surface area contributed by atoms with Crippen molar-refractivity contribution in [2.45, 2.75) is 58.6 Å². The van der Waals surface area contributed by atoms with Gasteiger partial charge in [0.15, 0.2) is 0 Å². The monoisotopic (exact) mass is 360 g/mol. The van der Waals surface area contributed by atoms with Crippen molar-refractivity contribution in [3.05, 3.63) is 34.9 Å². The van der Waals surface area contributed by atoms with Gasteiger partial charge in [-0.2, -0.15) is 0 Å². The zero-order chi connectivity index (χ0) is 19.1. The first-order valence-corrected chi connectivity index (χ1v) is 9.21. The standard InChI is InChI=1S/C20H28N2O4/c1-4-5-6-12-22(16-10-11-17(23)21-19(16)24)20(25)18-14(2)8-7-9-15(18)13-26-3/h7-9,16H,4-6,10-13H2,1-3H3,(H,21,23,24). The summed E-state index contributed by atoms with van der Waals surface area (Å²) in [7, 11) is 1.59. The summed E-state index contributed by atoms with van der Waals surface area (Å²) in [4.78, 5) is 38.9. The Labute approximate surface area is 154 Å². The zero-order valence-electron chi connectivity index (χ0n) is 15.8. The predicted octanol–water partition coefficient (Wildman–Crippen LogP) is 2.58. The van der Waals surface area contributed by atoms with Crippen LogP contribution >= 0.6 is 0 Å². The van der Waals surface area contributed by atoms with E-state index in [0.717, 1.165) is 30.4 Å². The van der Waals surface area contributed by atoms with Gasteiger partial charge in [-0.1, -0.05) is 38.0 Å². The van der Waals surface area contributed by atoms with Crippen molar-refractivity contribution in [3.63, 3.8) is 0 Å². The van der Waals surface area contributed by atoms with Gasteiger partial charge in [-0.15, -0.1) is 0 Å². The summed E-state index contributed by atoms with van der Waals surface area (Å²) in [6.45, 7) is 4.82. The number of piperidine rings is 1. The van der Waals surface area contributed by atoms with Gasteiger partial charge in [0.1, 0.15) is 6.04 Å². The van der Waals surface area contributed by atoms with Crippen LogP contribution in [0.25, 0.3) is 0 Å². The molecule has 1 fully saturated rings. The number of benzene rings is 1. The molecule has 1 aliphatic heterocycles. The molecule has 0 spiro atoms. The summed E-state index contributed by atoms with van der Waals surface area (Å²) in [6.07, 6.45) is 3.46. The largest absolute Gasteiger partial charge is 0.380 e. The van der Waals surface area contributed by atoms with Crippen LogP contribution in [0.15, 0.2) is 18.2 Å². The number of aryl methyl sites for hydroxylation is 1. The number of carbonyl (C=O) groups excluding carboxylic acids is 3. The van der Waals surface area contributed by atoms with E-state index in [9.17, 15) is 14.4 Å². The highest BCUT2D eigenvalue weighted by Crippen LogP contribution is 2.22. The summed E-state index contributed by atoms with van der Waals surface area (Å²) in [5.74, 6) is -0.822. The molecule has 0 aromatic heterocycles. The summed E-state index contributed by atoms with van der Waals surface area (Å²) in [5, 5.41) is 2.36. The summed E-state index contributed by atoms with van der Waals surface area (Å²) < 4.78 is 5.24. The molecule has 1 N–H and O–H groups in total. The Morgan fingerprint density at radius 3 is 2.73 bits per heavy atom. The Morgan fingerprint density at radius 1 is 1.31 bits per heavy atom. The maximum absolute atomic E-state index is 13.4. The molecule has 0 bridgehead atoms. The van der Waals surface area contributed by atoms with Crippen molar-refractivity contribution in [3.8, 4) is 0 Å². The van der Waals surface area contributed by atoms with E-state index in [4.69, 9.17) is 4.74 Å². The number of hydrogen-bond donors (Lipinski definition) is 1. The van der Waals surface area contributed by atoms with E-state index < -0.39 is 6.04 Å². The molecule has 1 atom stereocenters. The number of methoxy groups -OCH3 is 1. The van der Waals surface area contributed by atoms with Crippen molar-refractivity contribution in [1.82, 2.24) is 10.2 Å². The zero-order valence-corrected chi connectivity index (χ0v) is 15.8. The molecular formula is C20H28N2O4. The molecule has 1 unspecified atom stereocenters. The molecule has 1 aromatic rings. The lowest BCUT2D eigenvalue weighted by Gasteiger charge is -2.34. The van der Waals surface area contributed by atoms with Crippen molar-refractivity contribution < 1.29 is 19.1 Å². The van der Waals surface area contributed by atoms with Gasteiger partial charge in [-0.25, -0.2) is 0 Å². The van der Waals surface area contributed by atoms with Crippen molar-refractivity contribution >= 4 is 17.7 Å². The summed E-state index contributed by atoms with van der Waals surface area (Å²) in [6, 6.07) is 5.06. The molecule has 0 saturated carbocycles. The molecule has 26 heavy (non-hydrogen) atoms. The second-order valence-corrected chi connectivity index (χ2v) is 6.71. The molecule has 1 aliphatic rings. The first-order chi connectivity index (χ1) is 12.5. The highest BCUT2D eigenvalue weighted by Gasteiger charge is 2.35. The molecule has 3 amide bonds. The maximum atomic E-state index is 13.4. The topological polar surface area (TPSA) is 75.7 Å². The normalized spacial score (nSPS) is 17.1. The second-order valence-electron chi connectivity index (χ2n) is 6.71. The summed E-state index contributed by atoms with van der Waals surface area (Å²) in [5.41, 5.74) is 2.26. The van der Waals surface area contributed by atoms with E-state index in [-0.39, 0.29) is 24.1 Å². The lowest BCUT2D eigenvalue weighted by molar-refractivity contribution is -0.136. The van der Waals surface area contributed by atoms with E-state index in [1.54, 1.807) is 12.0 Å². The van der Waals surface area contributed by atoms with E-state index in [1.165, 1.54) is 0 Å². The van der Waals surface area contributed by atoms with E-state index in [2.05, 4.69) is 12.2 Å². The average Bonchev–Trinajstić information content (AvgIpc) is 2.60. The van der Waals surface area contributed by atoms with Gasteiger partial charge in [-0.05, 0) is 30.9 Å². The summed E-state index contributed by atoms with van der Waals surface area (Å²) >= 11 is 0. The Bertz CT molecular complexity index is 672. The fourth-order valence-corrected chi connectivity index (χ4v) is 3.36. The third kappa shape index (κ3) is 4.69. The molecule has 0 aliphatic carbocycles. The number of carbonyl (C=O) groups is 3. The Balaban J connectivity index is 2.34. The quantitative estimate of drug-likeness (QED) is 0.571. The molecular weight excluding hydrogens is 332 g/mol. The molecule has 2 rings (SSSR count). The second kappa shape index (κ2) is 9.48. The lowest BCUT2D eigenvalue weighted by atomic mass is 9.97. The van der Waals surface area contributed by atoms with Gasteiger partial charge in [0.25, 0.3) is 5.91 Å². The average molecular weight is 360 g/mol. The van der Waals surface area contributed by atoms with Crippen LogP contribution in [0, 0.1) is 6.92 Å². The maximum Gasteiger partial charge on any atom is 0.255 e. The number of hydrogen-bond acceptors (Lipinski definition) is 4. The van der Waals surface area contributed by atoms with E-state index >= 15 is 0 Å². The Kier molecular flexibility index (Phi) is 7.33. The van der Waals surface area contributed by atoms with Gasteiger partial charge < -0.3 is 9.64 Å². The first-order valence-electron chi connectivity index (χ1n) is 9.21. The van der Waals surface area contributed by atoms with E-state index in [0.29, 0.717) is 25.1 Å². The number of imide groups is 1. The number of unbranched alkanes of at least 4 members (excludes halogenated alkanes) is 2. The smallest absolute Gasteiger partial charge is 0.255 e. The van der Waals surface area contributed by atoms with E-state index in [1.807, 2.05) is 25.1 Å². The molecule has 6 nitrogen and oxygen atoms in total. The number of rotatable bonds is 8. The van der Waals surface area contributed by atoms with Gasteiger partial charge >= 0.3 is 0 Å². The van der Waals surface area contributed by atoms with Crippen LogP contribution in [0.4, 0.5) is 0 Å². The minimum absolute atomic E-state index is 0.166. The fraction of sp³-hybridized carbons (Fsp3) is 0.550. The Morgan fingerprint density at radius 2 is 2.08 bits per heavy atom. The number of nitrogens with zero attached hydrogens (tertiary/aromatic N) is 1. The highest BCUT2D eigenvalue weighted by molar-refractivity contribution is 6.04. The highest BCUT2D eigenvalue weighted by atomic mass is 16.5. The molecule has 1 heterocycles. The third-order valence-electron chi connectivity index (χ3n) is 4.72. The van der Waals surface area contributed by atoms with Crippen molar-refractivity contribution in [2.75, 3.05) is 13.7 Å². The van der Waals surface area contributed by atoms with Crippen LogP contribution in [-0.2, 0) is 20.9 Å². The minimum atomic E-state index is -0.605. The van der Waals surface area contributed by atoms with Crippen molar-refractivity contribution in [2.24, 2.45) is 0 Å². The number of ether oxygens (including phenoxy) is 1. The molecule has 0 radical (unpaired) electrons. The molecule has 6 heteroatoms. The SMILES string of the molecule is CCCCCN(C(=O)c1c(C)cccc1COC)C1CCC(=O)NC1=O. The third-order valence-corrected chi connectivity index (χ3v) is 4.72. The van der Waals surface area contributed by atoms with Gasteiger partial charge in [0.2, 0.25) is 11.8 Å². The lowest BCUT2D eigenvalue weighted by Crippen LogP contribution is -2.54. The van der Waals surface area contributed by atoms with Crippen LogP contribution in [0.5, 0.6) is 0 Å². The van der Waals surface area contributed by atoms with Crippen LogP contribution in [-0.4, -0.2) is 42.3 Å². The van der Waals surface area contributed by atoms with Crippen molar-refractivity contribution in [1.29, 1.82) is 0 Å². The van der Waals surface area contributed by atoms with Crippen LogP contribution in [0.2, 0.25) is 0 Å². The van der Waals surface area contributed by atoms with Crippen LogP contribution in [0.1, 0.15) is 60.5 Å². The predicted molar refractivity (Wildman–Crippen MR) is 98.6 cm³/mol. The van der Waals surface area contributed by atoms with Gasteiger partial charge in [0, 0.05) is 25.6 Å². The van der Waals surface area contributed by atoms with Crippen LogP contribution < -0.4 is 5.32 Å². The number of nitrogens with one attached hydrogen (secondary N) is 1. The fourth-order valence-electron chi connectivity index (χ4n) is 3.36. The van der Waals surface area contributed by atoms with Crippen LogP contribution in [0.3, 0.4) is 0 Å². The molecule has 1 saturated heterocycles. The molecule has 142 valence electrons.